The zero-order chi connectivity index (χ0) is 13.1. The number of rotatable bonds is 0. The van der Waals surface area contributed by atoms with Crippen LogP contribution in [-0.2, 0) is 4.79 Å². The molecular formula is C4Cl9FO. The number of carbonyl (C=O) groups is 1. The standard InChI is InChI=1S/C3Cl6O.CCl3F/c4-2(5,6)1(10)3(7,8)9;2-1(3,4)5. The van der Waals surface area contributed by atoms with Crippen LogP contribution in [-0.4, -0.2) is 17.4 Å². The summed E-state index contributed by atoms with van der Waals surface area (Å²) in [5, 5.41) is 0. The Bertz CT molecular complexity index is 188. The third-order valence-corrected chi connectivity index (χ3v) is 1.54. The maximum atomic E-state index is 11.0. The Kier molecular flexibility index (Phi) is 9.07. The lowest BCUT2D eigenvalue weighted by Crippen LogP contribution is -2.31. The number of halogens is 10. The number of hydrogen-bond acceptors (Lipinski definition) is 1. The van der Waals surface area contributed by atoms with Crippen molar-refractivity contribution in [3.05, 3.63) is 0 Å². The van der Waals surface area contributed by atoms with Gasteiger partial charge in [-0.1, -0.05) is 69.6 Å². The van der Waals surface area contributed by atoms with Crippen molar-refractivity contribution in [3.8, 4) is 0 Å². The lowest BCUT2D eigenvalue weighted by molar-refractivity contribution is -0.117. The molecule has 15 heavy (non-hydrogen) atoms. The Hall–Kier alpha value is 2.21. The van der Waals surface area contributed by atoms with Crippen molar-refractivity contribution < 1.29 is 9.18 Å². The van der Waals surface area contributed by atoms with E-state index in [1.54, 1.807) is 0 Å². The molecule has 0 aromatic carbocycles. The highest BCUT2D eigenvalue weighted by atomic mass is 35.6. The van der Waals surface area contributed by atoms with Gasteiger partial charge in [0.2, 0.25) is 5.78 Å². The maximum Gasteiger partial charge on any atom is 0.333 e. The lowest BCUT2D eigenvalue weighted by Gasteiger charge is -2.14. The molecule has 0 aliphatic carbocycles. The fourth-order valence-corrected chi connectivity index (χ4v) is 1.45. The Labute approximate surface area is 130 Å². The number of carbonyl (C=O) groups excluding carboxylic acids is 1. The Morgan fingerprint density at radius 1 is 0.733 bits per heavy atom. The zero-order valence-electron chi connectivity index (χ0n) is 6.19. The van der Waals surface area contributed by atoms with Crippen molar-refractivity contribution in [1.82, 2.24) is 0 Å². The van der Waals surface area contributed by atoms with Crippen LogP contribution >= 0.6 is 104 Å². The van der Waals surface area contributed by atoms with Gasteiger partial charge in [0.25, 0.3) is 7.59 Å². The third-order valence-electron chi connectivity index (χ3n) is 0.515. The summed E-state index contributed by atoms with van der Waals surface area (Å²) >= 11 is 43.8. The van der Waals surface area contributed by atoms with Gasteiger partial charge in [0.15, 0.2) is 0 Å². The van der Waals surface area contributed by atoms with Gasteiger partial charge in [0, 0.05) is 0 Å². The predicted octanol–water partition coefficient (Wildman–Crippen LogP) is 5.58. The summed E-state index contributed by atoms with van der Waals surface area (Å²) in [6.07, 6.45) is 0. The summed E-state index contributed by atoms with van der Waals surface area (Å²) in [6.45, 7) is 0. The molecule has 0 aromatic rings. The number of alkyl halides is 10. The van der Waals surface area contributed by atoms with E-state index in [0.717, 1.165) is 0 Å². The number of Topliss-reactive ketones (excluding diaryl/α,β-unsaturated/α-hetero) is 1. The van der Waals surface area contributed by atoms with Crippen LogP contribution in [0.5, 0.6) is 0 Å². The lowest BCUT2D eigenvalue weighted by atomic mass is 10.5. The summed E-state index contributed by atoms with van der Waals surface area (Å²) in [6, 6.07) is 0. The van der Waals surface area contributed by atoms with E-state index >= 15 is 0 Å². The summed E-state index contributed by atoms with van der Waals surface area (Å²) in [5.41, 5.74) is 0. The predicted molar refractivity (Wildman–Crippen MR) is 67.0 cm³/mol. The van der Waals surface area contributed by atoms with Crippen LogP contribution in [0.25, 0.3) is 0 Å². The van der Waals surface area contributed by atoms with Crippen LogP contribution in [0.1, 0.15) is 0 Å². The van der Waals surface area contributed by atoms with Crippen molar-refractivity contribution in [2.45, 2.75) is 11.6 Å². The molecule has 0 fully saturated rings. The fraction of sp³-hybridized carbons (Fsp3) is 0.750. The third kappa shape index (κ3) is 16.2. The number of hydrogen-bond donors (Lipinski definition) is 0. The van der Waals surface area contributed by atoms with Gasteiger partial charge in [0.1, 0.15) is 0 Å². The minimum Gasteiger partial charge on any atom is -0.290 e. The Balaban J connectivity index is 0. The summed E-state index contributed by atoms with van der Waals surface area (Å²) in [4.78, 5) is 10.7. The van der Waals surface area contributed by atoms with E-state index in [-0.39, 0.29) is 0 Å². The second-order valence-corrected chi connectivity index (χ2v) is 8.46. The van der Waals surface area contributed by atoms with Gasteiger partial charge in [-0.05, 0) is 34.8 Å². The van der Waals surface area contributed by atoms with Crippen LogP contribution in [0.4, 0.5) is 4.39 Å². The molecule has 0 saturated carbocycles. The molecule has 0 saturated heterocycles. The van der Waals surface area contributed by atoms with E-state index in [0.29, 0.717) is 0 Å². The average Bonchev–Trinajstić information content (AvgIpc) is 1.77. The average molecular weight is 402 g/mol. The molecule has 1 nitrogen and oxygen atoms in total. The van der Waals surface area contributed by atoms with Crippen molar-refractivity contribution in [3.63, 3.8) is 0 Å². The van der Waals surface area contributed by atoms with Gasteiger partial charge in [-0.25, -0.2) is 0 Å². The van der Waals surface area contributed by atoms with E-state index in [9.17, 15) is 9.18 Å². The van der Waals surface area contributed by atoms with Gasteiger partial charge >= 0.3 is 4.05 Å². The van der Waals surface area contributed by atoms with E-state index < -0.39 is 17.4 Å². The van der Waals surface area contributed by atoms with E-state index in [4.69, 9.17) is 69.6 Å². The second kappa shape index (κ2) is 6.96. The molecule has 0 atom stereocenters. The van der Waals surface area contributed by atoms with Gasteiger partial charge in [0.05, 0.1) is 0 Å². The molecule has 0 spiro atoms. The first-order valence-corrected chi connectivity index (χ1v) is 6.00. The number of ketones is 1. The molecule has 0 rings (SSSR count). The molecule has 0 unspecified atom stereocenters. The molecule has 0 N–H and O–H groups in total. The van der Waals surface area contributed by atoms with E-state index in [1.165, 1.54) is 0 Å². The summed E-state index contributed by atoms with van der Waals surface area (Å²) in [7, 11) is 0. The zero-order valence-corrected chi connectivity index (χ0v) is 13.0. The second-order valence-electron chi connectivity index (χ2n) is 1.75. The molecular weight excluding hydrogens is 402 g/mol. The Morgan fingerprint density at radius 3 is 0.867 bits per heavy atom. The Morgan fingerprint density at radius 2 is 0.867 bits per heavy atom. The molecule has 0 aliphatic heterocycles. The van der Waals surface area contributed by atoms with Gasteiger partial charge in [-0.3, -0.25) is 4.79 Å². The van der Waals surface area contributed by atoms with Gasteiger partial charge in [-0.2, -0.15) is 4.39 Å². The van der Waals surface area contributed by atoms with Crippen molar-refractivity contribution in [2.24, 2.45) is 0 Å². The van der Waals surface area contributed by atoms with Crippen molar-refractivity contribution in [1.29, 1.82) is 0 Å². The van der Waals surface area contributed by atoms with Gasteiger partial charge < -0.3 is 0 Å². The van der Waals surface area contributed by atoms with Crippen LogP contribution < -0.4 is 0 Å². The monoisotopic (exact) mass is 398 g/mol. The highest BCUT2D eigenvalue weighted by Crippen LogP contribution is 2.39. The minimum atomic E-state index is -2.58. The molecule has 0 amide bonds. The topological polar surface area (TPSA) is 17.1 Å². The van der Waals surface area contributed by atoms with Crippen LogP contribution in [0.2, 0.25) is 0 Å². The normalized spacial score (nSPS) is 12.9. The maximum absolute atomic E-state index is 11.0. The minimum absolute atomic E-state index is 1.09. The fourth-order valence-electron chi connectivity index (χ4n) is 0.161. The van der Waals surface area contributed by atoms with Crippen LogP contribution in [0, 0.1) is 0 Å². The first kappa shape index (κ1) is 19.5. The summed E-state index contributed by atoms with van der Waals surface area (Å²) in [5.74, 6) is -1.09. The van der Waals surface area contributed by atoms with Crippen LogP contribution in [0.15, 0.2) is 0 Å². The molecule has 0 aliphatic rings. The molecule has 11 heteroatoms. The molecule has 0 radical (unpaired) electrons. The largest absolute Gasteiger partial charge is 0.333 e. The summed E-state index contributed by atoms with van der Waals surface area (Å²) < 4.78 is 4.05. The van der Waals surface area contributed by atoms with Crippen molar-refractivity contribution >= 4 is 110 Å². The first-order valence-electron chi connectivity index (χ1n) is 2.59. The van der Waals surface area contributed by atoms with Gasteiger partial charge in [-0.15, -0.1) is 0 Å². The van der Waals surface area contributed by atoms with Crippen molar-refractivity contribution in [2.75, 3.05) is 0 Å². The quantitative estimate of drug-likeness (QED) is 0.484. The molecule has 0 heterocycles. The van der Waals surface area contributed by atoms with E-state index in [2.05, 4.69) is 34.8 Å². The highest BCUT2D eigenvalue weighted by molar-refractivity contribution is 6.86. The molecule has 0 bridgehead atoms. The first-order chi connectivity index (χ1) is 6.15. The molecule has 92 valence electrons. The SMILES string of the molecule is FC(Cl)(Cl)Cl.O=C(C(Cl)(Cl)Cl)C(Cl)(Cl)Cl. The van der Waals surface area contributed by atoms with E-state index in [1.807, 2.05) is 0 Å². The van der Waals surface area contributed by atoms with Crippen LogP contribution in [0.3, 0.4) is 0 Å². The highest BCUT2D eigenvalue weighted by Gasteiger charge is 2.44. The molecule has 0 aromatic heterocycles. The smallest absolute Gasteiger partial charge is 0.290 e.